The van der Waals surface area contributed by atoms with Gasteiger partial charge in [-0.3, -0.25) is 4.79 Å². The fourth-order valence-corrected chi connectivity index (χ4v) is 3.53. The summed E-state index contributed by atoms with van der Waals surface area (Å²) in [4.78, 5) is 33.0. The van der Waals surface area contributed by atoms with E-state index in [1.54, 1.807) is 6.20 Å². The molecule has 0 saturated carbocycles. The number of hydrogen-bond acceptors (Lipinski definition) is 5. The van der Waals surface area contributed by atoms with E-state index >= 15 is 0 Å². The first kappa shape index (κ1) is 23.1. The van der Waals surface area contributed by atoms with Gasteiger partial charge in [0.2, 0.25) is 5.78 Å². The number of aliphatic carboxylic acids is 1. The minimum Gasteiger partial charge on any atom is -0.479 e. The fraction of sp³-hybridized carbons (Fsp3) is 0.185. The monoisotopic (exact) mass is 455 g/mol. The van der Waals surface area contributed by atoms with E-state index < -0.39 is 12.1 Å². The highest BCUT2D eigenvalue weighted by atomic mass is 16.5. The first-order chi connectivity index (χ1) is 16.4. The summed E-state index contributed by atoms with van der Waals surface area (Å²) in [7, 11) is 0. The number of imidazole rings is 1. The molecule has 2 aromatic heterocycles. The number of carboxylic acid groups (broad SMARTS) is 1. The van der Waals surface area contributed by atoms with Crippen LogP contribution < -0.4 is 0 Å². The van der Waals surface area contributed by atoms with Crippen LogP contribution in [0.3, 0.4) is 0 Å². The highest BCUT2D eigenvalue weighted by Gasteiger charge is 2.19. The number of allylic oxidation sites excluding steroid dienone is 1. The average molecular weight is 456 g/mol. The molecular formula is C27H25N3O4. The number of nitrogens with zero attached hydrogens (tertiary/aromatic N) is 3. The molecule has 1 N–H and O–H groups in total. The predicted octanol–water partition coefficient (Wildman–Crippen LogP) is 4.67. The van der Waals surface area contributed by atoms with Crippen LogP contribution in [0, 0.1) is 6.92 Å². The normalized spacial score (nSPS) is 12.3. The first-order valence-corrected chi connectivity index (χ1v) is 10.9. The van der Waals surface area contributed by atoms with Gasteiger partial charge in [-0.25, -0.2) is 14.8 Å². The zero-order chi connectivity index (χ0) is 24.1. The SMILES string of the molecule is Cc1ccc(C(=O)c2nc3ncccc3n2C/C=C/c2cccc(CO[C@@H](C)C(=O)O)c2)cc1. The summed E-state index contributed by atoms with van der Waals surface area (Å²) < 4.78 is 7.23. The lowest BCUT2D eigenvalue weighted by atomic mass is 10.1. The van der Waals surface area contributed by atoms with Crippen LogP contribution in [-0.2, 0) is 22.7 Å². The van der Waals surface area contributed by atoms with E-state index in [0.29, 0.717) is 23.6 Å². The molecule has 7 heteroatoms. The third kappa shape index (κ3) is 5.27. The van der Waals surface area contributed by atoms with Crippen molar-refractivity contribution < 1.29 is 19.4 Å². The summed E-state index contributed by atoms with van der Waals surface area (Å²) in [6.07, 6.45) is 4.70. The second kappa shape index (κ2) is 10.2. The Morgan fingerprint density at radius 3 is 2.68 bits per heavy atom. The molecule has 1 atom stereocenters. The minimum atomic E-state index is -0.992. The number of fused-ring (bicyclic) bond motifs is 1. The molecule has 7 nitrogen and oxygen atoms in total. The van der Waals surface area contributed by atoms with Crippen LogP contribution in [-0.4, -0.2) is 37.5 Å². The second-order valence-electron chi connectivity index (χ2n) is 8.03. The average Bonchev–Trinajstić information content (AvgIpc) is 3.21. The van der Waals surface area contributed by atoms with Crippen molar-refractivity contribution in [2.45, 2.75) is 33.1 Å². The Balaban J connectivity index is 1.56. The lowest BCUT2D eigenvalue weighted by molar-refractivity contribution is -0.149. The van der Waals surface area contributed by atoms with Gasteiger partial charge in [0.05, 0.1) is 12.1 Å². The molecule has 0 bridgehead atoms. The number of rotatable bonds is 9. The predicted molar refractivity (Wildman–Crippen MR) is 130 cm³/mol. The van der Waals surface area contributed by atoms with Gasteiger partial charge in [-0.05, 0) is 43.2 Å². The van der Waals surface area contributed by atoms with Crippen LogP contribution in [0.4, 0.5) is 0 Å². The second-order valence-corrected chi connectivity index (χ2v) is 8.03. The maximum Gasteiger partial charge on any atom is 0.332 e. The molecule has 0 unspecified atom stereocenters. The number of carboxylic acids is 1. The number of ether oxygens (including phenoxy) is 1. The molecule has 2 aromatic carbocycles. The van der Waals surface area contributed by atoms with Gasteiger partial charge in [0, 0.05) is 18.3 Å². The summed E-state index contributed by atoms with van der Waals surface area (Å²) in [6, 6.07) is 18.8. The van der Waals surface area contributed by atoms with E-state index in [9.17, 15) is 9.59 Å². The number of carbonyl (C=O) groups excluding carboxylic acids is 1. The Morgan fingerprint density at radius 1 is 1.12 bits per heavy atom. The van der Waals surface area contributed by atoms with Crippen molar-refractivity contribution in [3.63, 3.8) is 0 Å². The molecule has 4 rings (SSSR count). The number of aromatic nitrogens is 3. The maximum atomic E-state index is 13.2. The minimum absolute atomic E-state index is 0.155. The summed E-state index contributed by atoms with van der Waals surface area (Å²) in [5.41, 5.74) is 4.79. The molecule has 172 valence electrons. The highest BCUT2D eigenvalue weighted by Crippen LogP contribution is 2.18. The molecule has 2 heterocycles. The molecule has 0 aliphatic carbocycles. The van der Waals surface area contributed by atoms with Crippen LogP contribution >= 0.6 is 0 Å². The number of ketones is 1. The molecule has 0 aliphatic heterocycles. The molecule has 0 spiro atoms. The summed E-state index contributed by atoms with van der Waals surface area (Å²) >= 11 is 0. The lowest BCUT2D eigenvalue weighted by Crippen LogP contribution is -2.19. The number of benzene rings is 2. The topological polar surface area (TPSA) is 94.3 Å². The van der Waals surface area contributed by atoms with E-state index in [0.717, 1.165) is 22.2 Å². The van der Waals surface area contributed by atoms with E-state index in [4.69, 9.17) is 9.84 Å². The molecule has 34 heavy (non-hydrogen) atoms. The number of carbonyl (C=O) groups is 2. The molecule has 0 aliphatic rings. The van der Waals surface area contributed by atoms with Crippen molar-refractivity contribution in [1.29, 1.82) is 0 Å². The standard InChI is InChI=1S/C27H25N3O4/c1-18-10-12-22(13-11-18)24(31)26-29-25-23(9-4-14-28-25)30(26)15-5-8-20-6-3-7-21(16-20)17-34-19(2)27(32)33/h3-14,16,19H,15,17H2,1-2H3,(H,32,33)/b8-5+/t19-/m0/s1. The zero-order valence-electron chi connectivity index (χ0n) is 19.0. The highest BCUT2D eigenvalue weighted by molar-refractivity contribution is 6.08. The Kier molecular flexibility index (Phi) is 6.94. The first-order valence-electron chi connectivity index (χ1n) is 10.9. The van der Waals surface area contributed by atoms with Gasteiger partial charge in [-0.1, -0.05) is 60.2 Å². The summed E-state index contributed by atoms with van der Waals surface area (Å²) in [6.45, 7) is 4.13. The Labute approximate surface area is 197 Å². The lowest BCUT2D eigenvalue weighted by Gasteiger charge is -2.09. The Hall–Kier alpha value is -4.10. The number of aryl methyl sites for hydroxylation is 1. The third-order valence-corrected chi connectivity index (χ3v) is 5.44. The molecular weight excluding hydrogens is 430 g/mol. The third-order valence-electron chi connectivity index (χ3n) is 5.44. The molecule has 4 aromatic rings. The van der Waals surface area contributed by atoms with Crippen molar-refractivity contribution in [3.05, 3.63) is 101 Å². The van der Waals surface area contributed by atoms with Crippen LogP contribution in [0.2, 0.25) is 0 Å². The van der Waals surface area contributed by atoms with Gasteiger partial charge in [-0.15, -0.1) is 0 Å². The number of hydrogen-bond donors (Lipinski definition) is 1. The van der Waals surface area contributed by atoms with Crippen LogP contribution in [0.15, 0.2) is 72.9 Å². The van der Waals surface area contributed by atoms with E-state index in [2.05, 4.69) is 9.97 Å². The quantitative estimate of drug-likeness (QED) is 0.369. The van der Waals surface area contributed by atoms with E-state index in [1.807, 2.05) is 84.3 Å². The van der Waals surface area contributed by atoms with Gasteiger partial charge in [0.25, 0.3) is 0 Å². The largest absolute Gasteiger partial charge is 0.479 e. The van der Waals surface area contributed by atoms with Crippen LogP contribution in [0.1, 0.15) is 39.8 Å². The van der Waals surface area contributed by atoms with Gasteiger partial charge in [-0.2, -0.15) is 0 Å². The van der Waals surface area contributed by atoms with E-state index in [-0.39, 0.29) is 12.4 Å². The summed E-state index contributed by atoms with van der Waals surface area (Å²) in [5, 5.41) is 8.97. The van der Waals surface area contributed by atoms with Crippen molar-refractivity contribution in [1.82, 2.24) is 14.5 Å². The van der Waals surface area contributed by atoms with Gasteiger partial charge in [0.15, 0.2) is 17.6 Å². The van der Waals surface area contributed by atoms with Crippen molar-refractivity contribution in [3.8, 4) is 0 Å². The zero-order valence-corrected chi connectivity index (χ0v) is 19.0. The van der Waals surface area contributed by atoms with Crippen LogP contribution in [0.25, 0.3) is 17.2 Å². The fourth-order valence-electron chi connectivity index (χ4n) is 3.53. The van der Waals surface area contributed by atoms with Gasteiger partial charge in [0.1, 0.15) is 0 Å². The van der Waals surface area contributed by atoms with Crippen molar-refractivity contribution >= 4 is 29.0 Å². The van der Waals surface area contributed by atoms with Crippen molar-refractivity contribution in [2.75, 3.05) is 0 Å². The van der Waals surface area contributed by atoms with Crippen molar-refractivity contribution in [2.24, 2.45) is 0 Å². The number of pyridine rings is 1. The molecule has 0 saturated heterocycles. The molecule has 0 fully saturated rings. The molecule has 0 radical (unpaired) electrons. The van der Waals surface area contributed by atoms with E-state index in [1.165, 1.54) is 6.92 Å². The Morgan fingerprint density at radius 2 is 1.91 bits per heavy atom. The van der Waals surface area contributed by atoms with Gasteiger partial charge >= 0.3 is 5.97 Å². The van der Waals surface area contributed by atoms with Gasteiger partial charge < -0.3 is 14.4 Å². The summed E-state index contributed by atoms with van der Waals surface area (Å²) in [5.74, 6) is -0.806. The smallest absolute Gasteiger partial charge is 0.332 e. The maximum absolute atomic E-state index is 13.2. The Bertz CT molecular complexity index is 1360. The molecule has 0 amide bonds. The van der Waals surface area contributed by atoms with Crippen LogP contribution in [0.5, 0.6) is 0 Å².